The van der Waals surface area contributed by atoms with E-state index in [0.29, 0.717) is 16.8 Å². The molecule has 4 rings (SSSR count). The zero-order valence-electron chi connectivity index (χ0n) is 21.3. The summed E-state index contributed by atoms with van der Waals surface area (Å²) in [4.78, 5) is 40.4. The topological polar surface area (TPSA) is 83.9 Å². The summed E-state index contributed by atoms with van der Waals surface area (Å²) in [6, 6.07) is 18.4. The van der Waals surface area contributed by atoms with E-state index in [9.17, 15) is 19.5 Å². The van der Waals surface area contributed by atoms with E-state index in [0.717, 1.165) is 15.6 Å². The van der Waals surface area contributed by atoms with Crippen molar-refractivity contribution < 1.29 is 24.2 Å². The lowest BCUT2D eigenvalue weighted by molar-refractivity contribution is -0.132. The number of nitrogens with zero attached hydrogens (tertiary/aromatic N) is 1. The molecule has 1 amide bonds. The molecule has 0 spiro atoms. The van der Waals surface area contributed by atoms with Crippen molar-refractivity contribution in [3.8, 4) is 0 Å². The number of aryl methyl sites for hydroxylation is 1. The van der Waals surface area contributed by atoms with Crippen LogP contribution in [0.4, 0.5) is 5.69 Å². The number of aliphatic hydroxyl groups excluding tert-OH is 1. The van der Waals surface area contributed by atoms with Gasteiger partial charge in [-0.3, -0.25) is 14.5 Å². The highest BCUT2D eigenvalue weighted by atomic mass is 79.9. The highest BCUT2D eigenvalue weighted by Crippen LogP contribution is 2.43. The molecular formula is C30H28BrNO5. The van der Waals surface area contributed by atoms with Crippen LogP contribution in [0.5, 0.6) is 0 Å². The van der Waals surface area contributed by atoms with Crippen molar-refractivity contribution in [1.82, 2.24) is 0 Å². The average molecular weight is 562 g/mol. The van der Waals surface area contributed by atoms with Gasteiger partial charge in [0, 0.05) is 15.7 Å². The molecule has 1 unspecified atom stereocenters. The van der Waals surface area contributed by atoms with Gasteiger partial charge >= 0.3 is 5.97 Å². The molecule has 1 saturated heterocycles. The van der Waals surface area contributed by atoms with E-state index in [1.165, 1.54) is 18.1 Å². The minimum atomic E-state index is -0.897. The van der Waals surface area contributed by atoms with E-state index in [2.05, 4.69) is 36.7 Å². The van der Waals surface area contributed by atoms with Crippen LogP contribution in [0.2, 0.25) is 0 Å². The van der Waals surface area contributed by atoms with E-state index in [-0.39, 0.29) is 22.3 Å². The fraction of sp³-hybridized carbons (Fsp3) is 0.233. The molecule has 3 aromatic rings. The third-order valence-corrected chi connectivity index (χ3v) is 7.40. The number of halogens is 1. The Morgan fingerprint density at radius 2 is 1.65 bits per heavy atom. The van der Waals surface area contributed by atoms with Gasteiger partial charge in [0.15, 0.2) is 0 Å². The lowest BCUT2D eigenvalue weighted by atomic mass is 9.85. The Morgan fingerprint density at radius 1 is 0.973 bits per heavy atom. The Morgan fingerprint density at radius 3 is 2.24 bits per heavy atom. The SMILES string of the molecule is COC(=O)c1cccc(N2C(=O)C(=O)/C(=C(/O)c3ccc(Br)c(C)c3)C2c2ccc(C(C)(C)C)cc2)c1. The third kappa shape index (κ3) is 4.96. The molecule has 190 valence electrons. The Bertz CT molecular complexity index is 1430. The second kappa shape index (κ2) is 9.98. The standard InChI is InChI=1S/C30H28BrNO5/c1-17-15-19(11-14-23(17)31)26(33)24-25(18-9-12-21(13-10-18)30(2,3)4)32(28(35)27(24)34)22-8-6-7-20(16-22)29(36)37-5/h6-16,25,33H,1-5H3/b26-24+. The van der Waals surface area contributed by atoms with Crippen molar-refractivity contribution in [2.24, 2.45) is 0 Å². The first kappa shape index (κ1) is 26.4. The maximum Gasteiger partial charge on any atom is 0.337 e. The first-order chi connectivity index (χ1) is 17.4. The number of amides is 1. The zero-order valence-corrected chi connectivity index (χ0v) is 22.9. The molecule has 1 N–H and O–H groups in total. The summed E-state index contributed by atoms with van der Waals surface area (Å²) in [5.41, 5.74) is 3.53. The van der Waals surface area contributed by atoms with Crippen LogP contribution in [0.3, 0.4) is 0 Å². The molecule has 0 aromatic heterocycles. The van der Waals surface area contributed by atoms with E-state index in [1.807, 2.05) is 31.2 Å². The molecule has 1 aliphatic heterocycles. The number of aliphatic hydroxyl groups is 1. The molecule has 37 heavy (non-hydrogen) atoms. The molecule has 3 aromatic carbocycles. The minimum Gasteiger partial charge on any atom is -0.507 e. The maximum absolute atomic E-state index is 13.4. The summed E-state index contributed by atoms with van der Waals surface area (Å²) in [7, 11) is 1.28. The first-order valence-corrected chi connectivity index (χ1v) is 12.6. The molecule has 0 aliphatic carbocycles. The molecule has 6 nitrogen and oxygen atoms in total. The molecule has 0 saturated carbocycles. The zero-order chi connectivity index (χ0) is 27.1. The highest BCUT2D eigenvalue weighted by Gasteiger charge is 2.47. The van der Waals surface area contributed by atoms with Crippen molar-refractivity contribution in [2.75, 3.05) is 12.0 Å². The normalized spacial score (nSPS) is 17.2. The van der Waals surface area contributed by atoms with E-state index < -0.39 is 23.7 Å². The summed E-state index contributed by atoms with van der Waals surface area (Å²) < 4.78 is 5.69. The summed E-state index contributed by atoms with van der Waals surface area (Å²) in [5.74, 6) is -2.41. The second-order valence-corrected chi connectivity index (χ2v) is 10.9. The summed E-state index contributed by atoms with van der Waals surface area (Å²) in [6.45, 7) is 8.17. The van der Waals surface area contributed by atoms with Gasteiger partial charge in [-0.05, 0) is 59.4 Å². The molecule has 0 radical (unpaired) electrons. The van der Waals surface area contributed by atoms with Crippen molar-refractivity contribution in [2.45, 2.75) is 39.2 Å². The predicted molar refractivity (Wildman–Crippen MR) is 147 cm³/mol. The molecular weight excluding hydrogens is 534 g/mol. The number of benzene rings is 3. The van der Waals surface area contributed by atoms with Crippen LogP contribution in [0.15, 0.2) is 76.8 Å². The average Bonchev–Trinajstić information content (AvgIpc) is 3.14. The summed E-state index contributed by atoms with van der Waals surface area (Å²) in [5, 5.41) is 11.4. The van der Waals surface area contributed by atoms with Crippen LogP contribution >= 0.6 is 15.9 Å². The minimum absolute atomic E-state index is 0.0151. The lowest BCUT2D eigenvalue weighted by Crippen LogP contribution is -2.29. The third-order valence-electron chi connectivity index (χ3n) is 6.51. The quantitative estimate of drug-likeness (QED) is 0.171. The Labute approximate surface area is 224 Å². The van der Waals surface area contributed by atoms with Gasteiger partial charge < -0.3 is 9.84 Å². The number of methoxy groups -OCH3 is 1. The number of esters is 1. The lowest BCUT2D eigenvalue weighted by Gasteiger charge is -2.27. The fourth-order valence-corrected chi connectivity index (χ4v) is 4.67. The second-order valence-electron chi connectivity index (χ2n) is 10.0. The smallest absolute Gasteiger partial charge is 0.337 e. The fourth-order valence-electron chi connectivity index (χ4n) is 4.43. The van der Waals surface area contributed by atoms with Gasteiger partial charge in [0.1, 0.15) is 5.76 Å². The largest absolute Gasteiger partial charge is 0.507 e. The summed E-state index contributed by atoms with van der Waals surface area (Å²) >= 11 is 3.45. The van der Waals surface area contributed by atoms with Gasteiger partial charge in [-0.2, -0.15) is 0 Å². The Hall–Kier alpha value is -3.71. The van der Waals surface area contributed by atoms with Crippen LogP contribution in [-0.2, 0) is 19.7 Å². The highest BCUT2D eigenvalue weighted by molar-refractivity contribution is 9.10. The summed E-state index contributed by atoms with van der Waals surface area (Å²) in [6.07, 6.45) is 0. The number of Topliss-reactive ketones (excluding diaryl/α,β-unsaturated/α-hetero) is 1. The van der Waals surface area contributed by atoms with Crippen LogP contribution in [0.25, 0.3) is 5.76 Å². The Kier molecular flexibility index (Phi) is 7.11. The van der Waals surface area contributed by atoms with Gasteiger partial charge in [-0.25, -0.2) is 4.79 Å². The molecule has 1 heterocycles. The van der Waals surface area contributed by atoms with Crippen molar-refractivity contribution in [3.05, 3.63) is 105 Å². The Balaban J connectivity index is 1.94. The number of ketones is 1. The number of rotatable bonds is 4. The van der Waals surface area contributed by atoms with Crippen molar-refractivity contribution >= 4 is 45.0 Å². The van der Waals surface area contributed by atoms with Crippen molar-refractivity contribution in [3.63, 3.8) is 0 Å². The number of ether oxygens (including phenoxy) is 1. The number of carbonyl (C=O) groups is 3. The molecule has 1 fully saturated rings. The number of hydrogen-bond acceptors (Lipinski definition) is 5. The maximum atomic E-state index is 13.4. The van der Waals surface area contributed by atoms with Gasteiger partial charge in [0.25, 0.3) is 11.7 Å². The molecule has 7 heteroatoms. The molecule has 1 aliphatic rings. The van der Waals surface area contributed by atoms with Gasteiger partial charge in [0.05, 0.1) is 24.3 Å². The van der Waals surface area contributed by atoms with E-state index in [4.69, 9.17) is 4.74 Å². The van der Waals surface area contributed by atoms with Gasteiger partial charge in [-0.15, -0.1) is 0 Å². The number of hydrogen-bond donors (Lipinski definition) is 1. The molecule has 0 bridgehead atoms. The van der Waals surface area contributed by atoms with Crippen LogP contribution < -0.4 is 4.90 Å². The first-order valence-electron chi connectivity index (χ1n) is 11.8. The number of carbonyl (C=O) groups excluding carboxylic acids is 3. The van der Waals surface area contributed by atoms with Crippen LogP contribution in [0, 0.1) is 6.92 Å². The number of anilines is 1. The molecule has 1 atom stereocenters. The van der Waals surface area contributed by atoms with E-state index in [1.54, 1.807) is 36.4 Å². The van der Waals surface area contributed by atoms with Crippen LogP contribution in [0.1, 0.15) is 59.4 Å². The van der Waals surface area contributed by atoms with Crippen molar-refractivity contribution in [1.29, 1.82) is 0 Å². The predicted octanol–water partition coefficient (Wildman–Crippen LogP) is 6.47. The van der Waals surface area contributed by atoms with Gasteiger partial charge in [-0.1, -0.05) is 73.1 Å². The van der Waals surface area contributed by atoms with Crippen LogP contribution in [-0.4, -0.2) is 29.9 Å². The monoisotopic (exact) mass is 561 g/mol. The van der Waals surface area contributed by atoms with E-state index >= 15 is 0 Å². The van der Waals surface area contributed by atoms with Gasteiger partial charge in [0.2, 0.25) is 0 Å².